The summed E-state index contributed by atoms with van der Waals surface area (Å²) < 4.78 is 5.26. The molecule has 1 aliphatic heterocycles. The van der Waals surface area contributed by atoms with Gasteiger partial charge in [-0.15, -0.1) is 0 Å². The predicted octanol–water partition coefficient (Wildman–Crippen LogP) is 2.78. The fourth-order valence-corrected chi connectivity index (χ4v) is 4.64. The van der Waals surface area contributed by atoms with Crippen LogP contribution in [0.2, 0.25) is 0 Å². The normalized spacial score (nSPS) is 22.7. The number of carbonyl (C=O) groups is 1. The summed E-state index contributed by atoms with van der Waals surface area (Å²) in [6.07, 6.45) is 5.56. The topological polar surface area (TPSA) is 70.6 Å². The Balaban J connectivity index is 1.51. The molecule has 1 aliphatic carbocycles. The molecule has 1 amide bonds. The molecule has 1 saturated carbocycles. The van der Waals surface area contributed by atoms with Crippen molar-refractivity contribution in [3.8, 4) is 0 Å². The Morgan fingerprint density at radius 1 is 1.19 bits per heavy atom. The van der Waals surface area contributed by atoms with Crippen LogP contribution in [0.5, 0.6) is 0 Å². The standard InChI is InChI=1S/C24H41N5O2/c1-18(30)25-20-7-6-19(16-20)8-10-28-11-13-29(14-12-28)22-17-21(9-15-31-5)26-23(27-22)24(2,3)4/h17,19-20H,6-16H2,1-5H3,(H,25,30)/t19-,20-/m0/s1. The van der Waals surface area contributed by atoms with Gasteiger partial charge in [0.05, 0.1) is 6.61 Å². The molecule has 2 atom stereocenters. The van der Waals surface area contributed by atoms with E-state index in [0.717, 1.165) is 75.2 Å². The van der Waals surface area contributed by atoms with Crippen molar-refractivity contribution in [3.63, 3.8) is 0 Å². The predicted molar refractivity (Wildman–Crippen MR) is 125 cm³/mol. The molecule has 2 fully saturated rings. The maximum absolute atomic E-state index is 11.3. The number of nitrogens with zero attached hydrogens (tertiary/aromatic N) is 4. The summed E-state index contributed by atoms with van der Waals surface area (Å²) in [5.41, 5.74) is 0.991. The molecule has 0 spiro atoms. The summed E-state index contributed by atoms with van der Waals surface area (Å²) in [7, 11) is 1.73. The number of anilines is 1. The van der Waals surface area contributed by atoms with E-state index < -0.39 is 0 Å². The first-order valence-corrected chi connectivity index (χ1v) is 11.9. The average Bonchev–Trinajstić information content (AvgIpc) is 3.17. The van der Waals surface area contributed by atoms with Gasteiger partial charge in [-0.05, 0) is 38.1 Å². The molecular weight excluding hydrogens is 390 g/mol. The third-order valence-electron chi connectivity index (χ3n) is 6.50. The van der Waals surface area contributed by atoms with E-state index in [2.05, 4.69) is 42.0 Å². The molecule has 1 aromatic rings. The lowest BCUT2D eigenvalue weighted by molar-refractivity contribution is -0.119. The first-order valence-electron chi connectivity index (χ1n) is 11.9. The molecule has 174 valence electrons. The minimum atomic E-state index is -0.0734. The number of methoxy groups -OCH3 is 1. The Kier molecular flexibility index (Phi) is 8.28. The van der Waals surface area contributed by atoms with Gasteiger partial charge >= 0.3 is 0 Å². The van der Waals surface area contributed by atoms with Gasteiger partial charge in [0, 0.05) is 69.9 Å². The number of hydrogen-bond acceptors (Lipinski definition) is 6. The lowest BCUT2D eigenvalue weighted by atomic mass is 9.95. The zero-order valence-electron chi connectivity index (χ0n) is 20.1. The third kappa shape index (κ3) is 7.14. The number of aromatic nitrogens is 2. The van der Waals surface area contributed by atoms with Crippen LogP contribution in [0, 0.1) is 5.92 Å². The highest BCUT2D eigenvalue weighted by atomic mass is 16.5. The first-order chi connectivity index (χ1) is 14.7. The van der Waals surface area contributed by atoms with E-state index in [0.29, 0.717) is 12.6 Å². The molecule has 2 heterocycles. The van der Waals surface area contributed by atoms with Gasteiger partial charge < -0.3 is 15.0 Å². The Labute approximate surface area is 188 Å². The van der Waals surface area contributed by atoms with Crippen LogP contribution in [0.4, 0.5) is 5.82 Å². The fourth-order valence-electron chi connectivity index (χ4n) is 4.64. The van der Waals surface area contributed by atoms with Crippen LogP contribution in [-0.4, -0.2) is 73.3 Å². The van der Waals surface area contributed by atoms with E-state index in [1.54, 1.807) is 14.0 Å². The largest absolute Gasteiger partial charge is 0.384 e. The molecule has 0 radical (unpaired) electrons. The summed E-state index contributed by atoms with van der Waals surface area (Å²) >= 11 is 0. The molecule has 3 rings (SSSR count). The number of rotatable bonds is 8. The number of ether oxygens (including phenoxy) is 1. The molecule has 2 aliphatic rings. The van der Waals surface area contributed by atoms with E-state index in [9.17, 15) is 4.79 Å². The minimum Gasteiger partial charge on any atom is -0.384 e. The first kappa shape index (κ1) is 23.9. The van der Waals surface area contributed by atoms with Gasteiger partial charge in [-0.3, -0.25) is 9.69 Å². The quantitative estimate of drug-likeness (QED) is 0.683. The molecule has 1 saturated heterocycles. The monoisotopic (exact) mass is 431 g/mol. The lowest BCUT2D eigenvalue weighted by Gasteiger charge is -2.36. The highest BCUT2D eigenvalue weighted by molar-refractivity contribution is 5.73. The Morgan fingerprint density at radius 2 is 1.94 bits per heavy atom. The number of carbonyl (C=O) groups excluding carboxylic acids is 1. The van der Waals surface area contributed by atoms with E-state index in [4.69, 9.17) is 14.7 Å². The fraction of sp³-hybridized carbons (Fsp3) is 0.792. The molecule has 0 unspecified atom stereocenters. The van der Waals surface area contributed by atoms with Crippen molar-refractivity contribution in [2.45, 2.75) is 71.3 Å². The molecule has 7 nitrogen and oxygen atoms in total. The Bertz CT molecular complexity index is 725. The van der Waals surface area contributed by atoms with Gasteiger partial charge in [-0.25, -0.2) is 9.97 Å². The van der Waals surface area contributed by atoms with Gasteiger partial charge in [-0.2, -0.15) is 0 Å². The second-order valence-electron chi connectivity index (χ2n) is 10.2. The summed E-state index contributed by atoms with van der Waals surface area (Å²) in [6, 6.07) is 2.53. The highest BCUT2D eigenvalue weighted by Gasteiger charge is 2.27. The Hall–Kier alpha value is -1.73. The van der Waals surface area contributed by atoms with Crippen molar-refractivity contribution in [1.29, 1.82) is 0 Å². The maximum Gasteiger partial charge on any atom is 0.217 e. The summed E-state index contributed by atoms with van der Waals surface area (Å²) in [4.78, 5) is 26.0. The van der Waals surface area contributed by atoms with Crippen molar-refractivity contribution < 1.29 is 9.53 Å². The third-order valence-corrected chi connectivity index (χ3v) is 6.50. The van der Waals surface area contributed by atoms with Gasteiger partial charge in [-0.1, -0.05) is 20.8 Å². The van der Waals surface area contributed by atoms with Gasteiger partial charge in [0.25, 0.3) is 0 Å². The highest BCUT2D eigenvalue weighted by Crippen LogP contribution is 2.29. The number of amides is 1. The van der Waals surface area contributed by atoms with Gasteiger partial charge in [0.1, 0.15) is 11.6 Å². The second-order valence-corrected chi connectivity index (χ2v) is 10.2. The van der Waals surface area contributed by atoms with Crippen molar-refractivity contribution in [2.24, 2.45) is 5.92 Å². The van der Waals surface area contributed by atoms with Crippen LogP contribution in [0.1, 0.15) is 64.9 Å². The SMILES string of the molecule is COCCc1cc(N2CCN(CC[C@@H]3CC[C@H](NC(C)=O)C3)CC2)nc(C(C)(C)C)n1. The van der Waals surface area contributed by atoms with Crippen molar-refractivity contribution in [1.82, 2.24) is 20.2 Å². The maximum atomic E-state index is 11.3. The van der Waals surface area contributed by atoms with Crippen molar-refractivity contribution in [3.05, 3.63) is 17.6 Å². The second kappa shape index (κ2) is 10.7. The molecule has 31 heavy (non-hydrogen) atoms. The molecule has 1 aromatic heterocycles. The van der Waals surface area contributed by atoms with E-state index in [-0.39, 0.29) is 11.3 Å². The van der Waals surface area contributed by atoms with Crippen molar-refractivity contribution in [2.75, 3.05) is 51.3 Å². The number of hydrogen-bond donors (Lipinski definition) is 1. The summed E-state index contributed by atoms with van der Waals surface area (Å²) in [5, 5.41) is 3.09. The van der Waals surface area contributed by atoms with E-state index in [1.165, 1.54) is 12.8 Å². The Morgan fingerprint density at radius 3 is 2.58 bits per heavy atom. The van der Waals surface area contributed by atoms with E-state index >= 15 is 0 Å². The molecular formula is C24H41N5O2. The van der Waals surface area contributed by atoms with Gasteiger partial charge in [0.15, 0.2) is 0 Å². The smallest absolute Gasteiger partial charge is 0.217 e. The van der Waals surface area contributed by atoms with Crippen molar-refractivity contribution >= 4 is 11.7 Å². The molecule has 0 aromatic carbocycles. The minimum absolute atomic E-state index is 0.0734. The number of piperazine rings is 1. The molecule has 0 bridgehead atoms. The average molecular weight is 432 g/mol. The summed E-state index contributed by atoms with van der Waals surface area (Å²) in [6.45, 7) is 14.1. The zero-order valence-corrected chi connectivity index (χ0v) is 20.1. The van der Waals surface area contributed by atoms with Crippen LogP contribution >= 0.6 is 0 Å². The van der Waals surface area contributed by atoms with E-state index in [1.807, 2.05) is 0 Å². The number of nitrogens with one attached hydrogen (secondary N) is 1. The lowest BCUT2D eigenvalue weighted by Crippen LogP contribution is -2.47. The van der Waals surface area contributed by atoms with Crippen LogP contribution in [0.3, 0.4) is 0 Å². The van der Waals surface area contributed by atoms with Crippen LogP contribution < -0.4 is 10.2 Å². The molecule has 1 N–H and O–H groups in total. The van der Waals surface area contributed by atoms with Gasteiger partial charge in [0.2, 0.25) is 5.91 Å². The summed E-state index contributed by atoms with van der Waals surface area (Å²) in [5.74, 6) is 2.81. The van der Waals surface area contributed by atoms with Crippen LogP contribution in [0.15, 0.2) is 6.07 Å². The van der Waals surface area contributed by atoms with Crippen LogP contribution in [0.25, 0.3) is 0 Å². The molecule has 7 heteroatoms. The van der Waals surface area contributed by atoms with Crippen LogP contribution in [-0.2, 0) is 21.4 Å². The zero-order chi connectivity index (χ0) is 22.4.